The molecule has 0 saturated heterocycles. The average molecular weight is 605 g/mol. The van der Waals surface area contributed by atoms with Crippen molar-refractivity contribution in [2.24, 2.45) is 0 Å². The third-order valence-corrected chi connectivity index (χ3v) is 10.9. The summed E-state index contributed by atoms with van der Waals surface area (Å²) in [6.07, 6.45) is 4.60. The van der Waals surface area contributed by atoms with Crippen molar-refractivity contribution in [3.8, 4) is 21.6 Å². The monoisotopic (exact) mass is 604 g/mol. The summed E-state index contributed by atoms with van der Waals surface area (Å²) < 4.78 is 7.85. The van der Waals surface area contributed by atoms with Crippen LogP contribution in [-0.2, 0) is 6.42 Å². The van der Waals surface area contributed by atoms with Crippen molar-refractivity contribution in [2.75, 3.05) is 0 Å². The summed E-state index contributed by atoms with van der Waals surface area (Å²) in [6, 6.07) is 50.9. The number of rotatable bonds is 3. The molecule has 0 unspecified atom stereocenters. The van der Waals surface area contributed by atoms with Crippen LogP contribution >= 0.6 is 11.3 Å². The summed E-state index contributed by atoms with van der Waals surface area (Å²) >= 11 is 1.84. The van der Waals surface area contributed by atoms with Gasteiger partial charge in [-0.15, -0.1) is 11.3 Å². The van der Waals surface area contributed by atoms with Gasteiger partial charge in [0.1, 0.15) is 11.2 Å². The number of hydrogen-bond donors (Lipinski definition) is 0. The Kier molecular flexibility index (Phi) is 5.64. The first kappa shape index (κ1) is 25.8. The molecule has 46 heavy (non-hydrogen) atoms. The molecule has 1 nitrogen and oxygen atoms in total. The summed E-state index contributed by atoms with van der Waals surface area (Å²) in [4.78, 5) is 1.27. The lowest BCUT2D eigenvalue weighted by Gasteiger charge is -2.23. The van der Waals surface area contributed by atoms with Crippen molar-refractivity contribution in [3.05, 3.63) is 162 Å². The van der Waals surface area contributed by atoms with E-state index < -0.39 is 0 Å². The summed E-state index contributed by atoms with van der Waals surface area (Å²) in [5, 5.41) is 8.73. The summed E-state index contributed by atoms with van der Waals surface area (Å²) in [7, 11) is 0. The van der Waals surface area contributed by atoms with Crippen LogP contribution in [0.2, 0.25) is 0 Å². The molecule has 2 heteroatoms. The van der Waals surface area contributed by atoms with E-state index in [9.17, 15) is 0 Å². The zero-order chi connectivity index (χ0) is 30.2. The van der Waals surface area contributed by atoms with Crippen molar-refractivity contribution < 1.29 is 4.42 Å². The van der Waals surface area contributed by atoms with Gasteiger partial charge in [0, 0.05) is 31.3 Å². The van der Waals surface area contributed by atoms with E-state index in [1.54, 1.807) is 0 Å². The number of aryl methyl sites for hydroxylation is 1. The molecule has 0 radical (unpaired) electrons. The first-order valence-corrected chi connectivity index (χ1v) is 16.8. The standard InChI is InChI=1S/C44H28OS/c1-2-14-28(15-3-1)39-25-36-40(46-39)26-38-43(35-22-10-11-24-37(35)45-38)44(36)42-33-20-8-6-18-31(33)41(32-19-7-9-21-34(32)42)30-23-12-16-27-13-4-5-17-29(27)30/h1-11,13-15,17-26H,12,16H2. The van der Waals surface area contributed by atoms with Crippen molar-refractivity contribution in [3.63, 3.8) is 0 Å². The largest absolute Gasteiger partial charge is 0.456 e. The van der Waals surface area contributed by atoms with Gasteiger partial charge in [0.15, 0.2) is 0 Å². The predicted molar refractivity (Wildman–Crippen MR) is 197 cm³/mol. The molecule has 0 atom stereocenters. The van der Waals surface area contributed by atoms with Crippen LogP contribution in [0.1, 0.15) is 23.1 Å². The second-order valence-corrected chi connectivity index (χ2v) is 13.3. The zero-order valence-electron chi connectivity index (χ0n) is 25.1. The molecular weight excluding hydrogens is 577 g/mol. The molecule has 7 aromatic carbocycles. The van der Waals surface area contributed by atoms with E-state index in [0.717, 1.165) is 29.4 Å². The van der Waals surface area contributed by atoms with E-state index in [1.807, 2.05) is 11.3 Å². The van der Waals surface area contributed by atoms with Gasteiger partial charge in [-0.3, -0.25) is 0 Å². The topological polar surface area (TPSA) is 13.1 Å². The van der Waals surface area contributed by atoms with Gasteiger partial charge in [0.25, 0.3) is 0 Å². The maximum absolute atomic E-state index is 6.62. The Morgan fingerprint density at radius 2 is 1.13 bits per heavy atom. The highest BCUT2D eigenvalue weighted by Gasteiger charge is 2.25. The van der Waals surface area contributed by atoms with Gasteiger partial charge in [-0.25, -0.2) is 0 Å². The molecule has 0 N–H and O–H groups in total. The van der Waals surface area contributed by atoms with Gasteiger partial charge < -0.3 is 4.42 Å². The second kappa shape index (κ2) is 10.0. The molecule has 0 fully saturated rings. The second-order valence-electron chi connectivity index (χ2n) is 12.3. The van der Waals surface area contributed by atoms with Gasteiger partial charge in [0.05, 0.1) is 0 Å². The minimum atomic E-state index is 0.925. The highest BCUT2D eigenvalue weighted by Crippen LogP contribution is 2.51. The van der Waals surface area contributed by atoms with Gasteiger partial charge in [-0.2, -0.15) is 0 Å². The maximum Gasteiger partial charge on any atom is 0.137 e. The van der Waals surface area contributed by atoms with Gasteiger partial charge in [-0.1, -0.05) is 127 Å². The molecule has 0 spiro atoms. The number of fused-ring (bicyclic) bond motifs is 7. The molecule has 2 heterocycles. The van der Waals surface area contributed by atoms with Crippen LogP contribution in [-0.4, -0.2) is 0 Å². The SMILES string of the molecule is C1=C(c2c3ccccc3c(-c3c4cc(-c5ccccc5)sc4cc4oc5ccccc5c34)c3ccccc23)c2ccccc2CC1. The van der Waals surface area contributed by atoms with Crippen molar-refractivity contribution in [1.82, 2.24) is 0 Å². The van der Waals surface area contributed by atoms with E-state index in [4.69, 9.17) is 4.42 Å². The normalized spacial score (nSPS) is 13.2. The van der Waals surface area contributed by atoms with Crippen LogP contribution in [0.3, 0.4) is 0 Å². The van der Waals surface area contributed by atoms with E-state index >= 15 is 0 Å². The number of furan rings is 1. The molecule has 2 aromatic heterocycles. The molecule has 10 rings (SSSR count). The Bertz CT molecular complexity index is 2630. The zero-order valence-corrected chi connectivity index (χ0v) is 25.9. The lowest BCUT2D eigenvalue weighted by Crippen LogP contribution is -2.02. The highest BCUT2D eigenvalue weighted by molar-refractivity contribution is 7.22. The van der Waals surface area contributed by atoms with E-state index in [2.05, 4.69) is 146 Å². The summed E-state index contributed by atoms with van der Waals surface area (Å²) in [5.41, 5.74) is 11.1. The lowest BCUT2D eigenvalue weighted by molar-refractivity contribution is 0.669. The molecule has 9 aromatic rings. The van der Waals surface area contributed by atoms with Gasteiger partial charge in [-0.05, 0) is 86.0 Å². The molecule has 1 aliphatic rings. The van der Waals surface area contributed by atoms with Gasteiger partial charge >= 0.3 is 0 Å². The lowest BCUT2D eigenvalue weighted by atomic mass is 9.80. The molecule has 0 aliphatic heterocycles. The van der Waals surface area contributed by atoms with Crippen LogP contribution in [0, 0.1) is 0 Å². The Morgan fingerprint density at radius 1 is 0.500 bits per heavy atom. The molecule has 216 valence electrons. The summed E-state index contributed by atoms with van der Waals surface area (Å²) in [5.74, 6) is 0. The first-order chi connectivity index (χ1) is 22.8. The van der Waals surface area contributed by atoms with E-state index in [-0.39, 0.29) is 0 Å². The Labute approximate surface area is 270 Å². The van der Waals surface area contributed by atoms with E-state index in [0.29, 0.717) is 0 Å². The quantitative estimate of drug-likeness (QED) is 0.183. The number of benzene rings is 7. The van der Waals surface area contributed by atoms with Crippen molar-refractivity contribution >= 4 is 70.5 Å². The fraction of sp³-hybridized carbons (Fsp3) is 0.0455. The summed E-state index contributed by atoms with van der Waals surface area (Å²) in [6.45, 7) is 0. The Balaban J connectivity index is 1.40. The smallest absolute Gasteiger partial charge is 0.137 e. The highest BCUT2D eigenvalue weighted by atomic mass is 32.1. The Morgan fingerprint density at radius 3 is 1.89 bits per heavy atom. The van der Waals surface area contributed by atoms with Crippen LogP contribution in [0.4, 0.5) is 0 Å². The maximum atomic E-state index is 6.62. The molecule has 0 saturated carbocycles. The number of allylic oxidation sites excluding steroid dienone is 1. The molecule has 0 amide bonds. The molecular formula is C44H28OS. The first-order valence-electron chi connectivity index (χ1n) is 16.0. The third-order valence-electron chi connectivity index (χ3n) is 9.74. The van der Waals surface area contributed by atoms with Crippen LogP contribution in [0.5, 0.6) is 0 Å². The number of para-hydroxylation sites is 1. The molecule has 0 bridgehead atoms. The fourth-order valence-corrected chi connectivity index (χ4v) is 8.90. The van der Waals surface area contributed by atoms with Crippen molar-refractivity contribution in [1.29, 1.82) is 0 Å². The van der Waals surface area contributed by atoms with Gasteiger partial charge in [0.2, 0.25) is 0 Å². The third kappa shape index (κ3) is 3.74. The van der Waals surface area contributed by atoms with Crippen LogP contribution < -0.4 is 0 Å². The number of hydrogen-bond acceptors (Lipinski definition) is 2. The predicted octanol–water partition coefficient (Wildman–Crippen LogP) is 12.8. The Hall–Kier alpha value is -5.44. The van der Waals surface area contributed by atoms with Crippen molar-refractivity contribution in [2.45, 2.75) is 12.8 Å². The minimum Gasteiger partial charge on any atom is -0.456 e. The minimum absolute atomic E-state index is 0.925. The fourth-order valence-electron chi connectivity index (χ4n) is 7.80. The van der Waals surface area contributed by atoms with Crippen LogP contribution in [0.15, 0.2) is 150 Å². The van der Waals surface area contributed by atoms with E-state index in [1.165, 1.54) is 80.8 Å². The number of thiophene rings is 1. The molecule has 1 aliphatic carbocycles. The average Bonchev–Trinajstić information content (AvgIpc) is 3.71. The van der Waals surface area contributed by atoms with Crippen LogP contribution in [0.25, 0.3) is 80.7 Å².